The van der Waals surface area contributed by atoms with E-state index in [1.54, 1.807) is 20.2 Å². The van der Waals surface area contributed by atoms with E-state index in [2.05, 4.69) is 15.3 Å². The van der Waals surface area contributed by atoms with Crippen molar-refractivity contribution >= 4 is 17.6 Å². The predicted molar refractivity (Wildman–Crippen MR) is 114 cm³/mol. The molecular weight excluding hydrogens is 425 g/mol. The Morgan fingerprint density at radius 1 is 1.19 bits per heavy atom. The van der Waals surface area contributed by atoms with E-state index in [-0.39, 0.29) is 28.1 Å². The third kappa shape index (κ3) is 4.10. The molecule has 0 saturated heterocycles. The summed E-state index contributed by atoms with van der Waals surface area (Å²) < 4.78 is 16.3. The molecule has 0 amide bonds. The predicted octanol–water partition coefficient (Wildman–Crippen LogP) is 2.82. The minimum absolute atomic E-state index is 0.00758. The highest BCUT2D eigenvalue weighted by molar-refractivity contribution is 6.31. The van der Waals surface area contributed by atoms with Gasteiger partial charge in [-0.3, -0.25) is 9.59 Å². The van der Waals surface area contributed by atoms with Crippen LogP contribution in [-0.4, -0.2) is 35.9 Å². The molecule has 0 bridgehead atoms. The Morgan fingerprint density at radius 2 is 1.87 bits per heavy atom. The van der Waals surface area contributed by atoms with Gasteiger partial charge in [-0.05, 0) is 51.3 Å². The maximum atomic E-state index is 15.3. The van der Waals surface area contributed by atoms with Gasteiger partial charge in [0, 0.05) is 30.2 Å². The summed E-state index contributed by atoms with van der Waals surface area (Å²) >= 11 is 6.44. The molecular formula is C21H23ClFN5O3. The molecule has 0 spiro atoms. The van der Waals surface area contributed by atoms with Crippen molar-refractivity contribution in [2.75, 3.05) is 0 Å². The molecule has 31 heavy (non-hydrogen) atoms. The molecule has 10 heteroatoms. The number of aryl methyl sites for hydroxylation is 4. The van der Waals surface area contributed by atoms with Crippen LogP contribution in [0.15, 0.2) is 23.1 Å². The molecule has 2 heterocycles. The van der Waals surface area contributed by atoms with Crippen LogP contribution in [0.2, 0.25) is 5.02 Å². The summed E-state index contributed by atoms with van der Waals surface area (Å²) in [6.45, 7) is 4.53. The molecule has 0 atom stereocenters. The lowest BCUT2D eigenvalue weighted by molar-refractivity contribution is -0.142. The van der Waals surface area contributed by atoms with Crippen LogP contribution >= 0.6 is 11.6 Å². The van der Waals surface area contributed by atoms with Gasteiger partial charge in [0.25, 0.3) is 5.56 Å². The quantitative estimate of drug-likeness (QED) is 0.623. The number of hydrogen-bond donors (Lipinski definition) is 1. The van der Waals surface area contributed by atoms with Crippen LogP contribution in [0, 0.1) is 12.7 Å². The number of carboxylic acids is 1. The van der Waals surface area contributed by atoms with Crippen molar-refractivity contribution in [3.05, 3.63) is 62.0 Å². The Morgan fingerprint density at radius 3 is 2.45 bits per heavy atom. The number of carboxylic acid groups (broad SMARTS) is 1. The molecule has 0 saturated carbocycles. The highest BCUT2D eigenvalue weighted by atomic mass is 35.5. The normalized spacial score (nSPS) is 11.7. The summed E-state index contributed by atoms with van der Waals surface area (Å²) in [6, 6.07) is 2.60. The van der Waals surface area contributed by atoms with Crippen LogP contribution in [0.1, 0.15) is 36.4 Å². The highest BCUT2D eigenvalue weighted by Gasteiger charge is 2.37. The molecule has 0 unspecified atom stereocenters. The molecule has 0 fully saturated rings. The monoisotopic (exact) mass is 447 g/mol. The first-order valence-corrected chi connectivity index (χ1v) is 9.97. The first kappa shape index (κ1) is 22.6. The lowest BCUT2D eigenvalue weighted by atomic mass is 9.78. The van der Waals surface area contributed by atoms with Gasteiger partial charge < -0.3 is 5.11 Å². The zero-order valence-electron chi connectivity index (χ0n) is 17.9. The number of aliphatic carboxylic acids is 1. The number of benzene rings is 1. The van der Waals surface area contributed by atoms with Gasteiger partial charge in [0.2, 0.25) is 0 Å². The van der Waals surface area contributed by atoms with Crippen LogP contribution < -0.4 is 5.56 Å². The fraction of sp³-hybridized carbons (Fsp3) is 0.381. The lowest BCUT2D eigenvalue weighted by Gasteiger charge is -2.26. The van der Waals surface area contributed by atoms with Gasteiger partial charge in [-0.2, -0.15) is 20.1 Å². The Bertz CT molecular complexity index is 1230. The molecule has 3 rings (SSSR count). The summed E-state index contributed by atoms with van der Waals surface area (Å²) in [5, 5.41) is 22.5. The smallest absolute Gasteiger partial charge is 0.313 e. The first-order chi connectivity index (χ1) is 14.4. The van der Waals surface area contributed by atoms with Crippen molar-refractivity contribution in [1.82, 2.24) is 24.8 Å². The fourth-order valence-corrected chi connectivity index (χ4v) is 3.99. The van der Waals surface area contributed by atoms with Crippen LogP contribution in [0.5, 0.6) is 0 Å². The maximum Gasteiger partial charge on any atom is 0.313 e. The van der Waals surface area contributed by atoms with E-state index in [4.69, 9.17) is 11.6 Å². The largest absolute Gasteiger partial charge is 0.481 e. The average molecular weight is 448 g/mol. The summed E-state index contributed by atoms with van der Waals surface area (Å²) in [6.07, 6.45) is 2.29. The van der Waals surface area contributed by atoms with E-state index < -0.39 is 22.8 Å². The van der Waals surface area contributed by atoms with Gasteiger partial charge >= 0.3 is 5.97 Å². The van der Waals surface area contributed by atoms with E-state index >= 15 is 4.39 Å². The van der Waals surface area contributed by atoms with Gasteiger partial charge in [-0.15, -0.1) is 0 Å². The number of nitrogens with zero attached hydrogens (tertiary/aromatic N) is 5. The first-order valence-electron chi connectivity index (χ1n) is 9.59. The van der Waals surface area contributed by atoms with E-state index in [1.807, 2.05) is 0 Å². The maximum absolute atomic E-state index is 15.3. The van der Waals surface area contributed by atoms with E-state index in [9.17, 15) is 14.7 Å². The van der Waals surface area contributed by atoms with Crippen molar-refractivity contribution in [2.24, 2.45) is 14.1 Å². The second-order valence-corrected chi connectivity index (χ2v) is 8.31. The topological polar surface area (TPSA) is 103 Å². The van der Waals surface area contributed by atoms with Gasteiger partial charge in [0.15, 0.2) is 0 Å². The van der Waals surface area contributed by atoms with Crippen LogP contribution in [-0.2, 0) is 37.1 Å². The minimum atomic E-state index is -1.49. The van der Waals surface area contributed by atoms with Crippen LogP contribution in [0.4, 0.5) is 4.39 Å². The fourth-order valence-electron chi connectivity index (χ4n) is 3.74. The second-order valence-electron chi connectivity index (χ2n) is 7.90. The Hall–Kier alpha value is -3.07. The summed E-state index contributed by atoms with van der Waals surface area (Å²) in [5.41, 5.74) is -0.582. The Balaban J connectivity index is 2.31. The van der Waals surface area contributed by atoms with Gasteiger partial charge in [-0.25, -0.2) is 9.07 Å². The zero-order chi connectivity index (χ0) is 23.1. The average Bonchev–Trinajstić information content (AvgIpc) is 3.10. The molecule has 0 radical (unpaired) electrons. The molecule has 0 aliphatic carbocycles. The Labute approximate surface area is 183 Å². The van der Waals surface area contributed by atoms with Crippen molar-refractivity contribution in [3.8, 4) is 11.1 Å². The molecule has 8 nitrogen and oxygen atoms in total. The van der Waals surface area contributed by atoms with Gasteiger partial charge in [0.05, 0.1) is 28.6 Å². The van der Waals surface area contributed by atoms with Gasteiger partial charge in [-0.1, -0.05) is 11.6 Å². The number of aromatic nitrogens is 5. The lowest BCUT2D eigenvalue weighted by Crippen LogP contribution is -2.35. The SMILES string of the molecule is Cc1nn(C)c(=O)c(-c2c(F)ccc(Cl)c2CCc2cnn(C)n2)c1C(C)(C)C(=O)O. The number of hydrogen-bond acceptors (Lipinski definition) is 5. The van der Waals surface area contributed by atoms with Gasteiger partial charge in [0.1, 0.15) is 5.82 Å². The molecule has 2 aromatic heterocycles. The summed E-state index contributed by atoms with van der Waals surface area (Å²) in [5.74, 6) is -1.82. The molecule has 1 aromatic carbocycles. The number of rotatable bonds is 6. The Kier molecular flexibility index (Phi) is 6.00. The highest BCUT2D eigenvalue weighted by Crippen LogP contribution is 2.38. The summed E-state index contributed by atoms with van der Waals surface area (Å²) in [7, 11) is 3.13. The van der Waals surface area contributed by atoms with Crippen molar-refractivity contribution in [1.29, 1.82) is 0 Å². The molecule has 0 aliphatic heterocycles. The molecule has 3 aromatic rings. The van der Waals surface area contributed by atoms with E-state index in [1.165, 1.54) is 37.8 Å². The second kappa shape index (κ2) is 8.22. The van der Waals surface area contributed by atoms with Crippen LogP contribution in [0.3, 0.4) is 0 Å². The van der Waals surface area contributed by atoms with E-state index in [0.717, 1.165) is 4.68 Å². The van der Waals surface area contributed by atoms with Crippen LogP contribution in [0.25, 0.3) is 11.1 Å². The van der Waals surface area contributed by atoms with Crippen molar-refractivity contribution < 1.29 is 14.3 Å². The molecule has 0 aliphatic rings. The third-order valence-electron chi connectivity index (χ3n) is 5.31. The molecule has 1 N–H and O–H groups in total. The third-order valence-corrected chi connectivity index (χ3v) is 5.67. The van der Waals surface area contributed by atoms with E-state index in [0.29, 0.717) is 23.4 Å². The van der Waals surface area contributed by atoms with Crippen molar-refractivity contribution in [3.63, 3.8) is 0 Å². The standard InChI is InChI=1S/C21H23ClFN5O3/c1-11-18(21(2,3)20(30)31)17(19(29)27(4)25-11)16-13(14(22)8-9-15(16)23)7-6-12-10-24-28(5)26-12/h8-10H,6-7H2,1-5H3,(H,30,31). The number of halogens is 2. The number of carbonyl (C=O) groups is 1. The summed E-state index contributed by atoms with van der Waals surface area (Å²) in [4.78, 5) is 26.6. The molecule has 164 valence electrons. The van der Waals surface area contributed by atoms with Crippen molar-refractivity contribution in [2.45, 2.75) is 39.0 Å². The minimum Gasteiger partial charge on any atom is -0.481 e. The zero-order valence-corrected chi connectivity index (χ0v) is 18.7.